The Bertz CT molecular complexity index is 633. The number of carbonyl (C=O) groups is 1. The Labute approximate surface area is 161 Å². The average Bonchev–Trinajstić information content (AvgIpc) is 2.70. The minimum atomic E-state index is -0.705. The normalized spacial score (nSPS) is 15.9. The molecule has 0 unspecified atom stereocenters. The van der Waals surface area contributed by atoms with E-state index < -0.39 is 5.60 Å². The Morgan fingerprint density at radius 2 is 1.54 bits per heavy atom. The first-order chi connectivity index (χ1) is 12.2. The highest BCUT2D eigenvalue weighted by molar-refractivity contribution is 5.85. The lowest BCUT2D eigenvalue weighted by molar-refractivity contribution is -0.146. The van der Waals surface area contributed by atoms with Crippen LogP contribution >= 0.6 is 12.4 Å². The Kier molecular flexibility index (Phi) is 7.64. The third-order valence-electron chi connectivity index (χ3n) is 5.09. The number of amides is 1. The summed E-state index contributed by atoms with van der Waals surface area (Å²) in [6.07, 6.45) is 1.41. The number of hydrogen-bond donors (Lipinski definition) is 2. The summed E-state index contributed by atoms with van der Waals surface area (Å²) in [5.74, 6) is 0.121. The molecule has 1 aliphatic rings. The van der Waals surface area contributed by atoms with Crippen LogP contribution in [-0.2, 0) is 9.53 Å². The summed E-state index contributed by atoms with van der Waals surface area (Å²) >= 11 is 0. The van der Waals surface area contributed by atoms with Gasteiger partial charge >= 0.3 is 0 Å². The predicted molar refractivity (Wildman–Crippen MR) is 107 cm³/mol. The second-order valence-corrected chi connectivity index (χ2v) is 6.53. The molecule has 3 rings (SSSR count). The third-order valence-corrected chi connectivity index (χ3v) is 5.09. The molecule has 26 heavy (non-hydrogen) atoms. The molecule has 1 saturated heterocycles. The largest absolute Gasteiger partial charge is 0.368 e. The van der Waals surface area contributed by atoms with Crippen molar-refractivity contribution in [1.29, 1.82) is 0 Å². The highest BCUT2D eigenvalue weighted by Gasteiger charge is 2.39. The number of nitrogens with one attached hydrogen (secondary N) is 2. The van der Waals surface area contributed by atoms with E-state index in [0.29, 0.717) is 19.4 Å². The quantitative estimate of drug-likeness (QED) is 0.816. The SMILES string of the molecule is COC1(C(=O)NCC(c2ccccc2)c2ccccc2)CCNCC1.Cl. The second-order valence-electron chi connectivity index (χ2n) is 6.53. The number of rotatable bonds is 6. The molecule has 5 heteroatoms. The summed E-state index contributed by atoms with van der Waals surface area (Å²) in [4.78, 5) is 12.9. The molecule has 0 radical (unpaired) electrons. The van der Waals surface area contributed by atoms with E-state index in [1.54, 1.807) is 7.11 Å². The van der Waals surface area contributed by atoms with Gasteiger partial charge in [-0.05, 0) is 37.1 Å². The molecule has 2 aromatic carbocycles. The van der Waals surface area contributed by atoms with Gasteiger partial charge in [0.15, 0.2) is 0 Å². The van der Waals surface area contributed by atoms with Gasteiger partial charge in [-0.1, -0.05) is 60.7 Å². The maximum Gasteiger partial charge on any atom is 0.252 e. The highest BCUT2D eigenvalue weighted by atomic mass is 35.5. The molecule has 1 heterocycles. The van der Waals surface area contributed by atoms with Crippen molar-refractivity contribution in [2.75, 3.05) is 26.7 Å². The first kappa shape index (κ1) is 20.4. The number of halogens is 1. The van der Waals surface area contributed by atoms with Crippen molar-refractivity contribution in [2.45, 2.75) is 24.4 Å². The van der Waals surface area contributed by atoms with Crippen LogP contribution in [0.5, 0.6) is 0 Å². The van der Waals surface area contributed by atoms with E-state index in [1.165, 1.54) is 11.1 Å². The molecule has 0 spiro atoms. The zero-order valence-corrected chi connectivity index (χ0v) is 15.9. The maximum atomic E-state index is 12.9. The van der Waals surface area contributed by atoms with Crippen molar-refractivity contribution < 1.29 is 9.53 Å². The van der Waals surface area contributed by atoms with Crippen molar-refractivity contribution in [3.8, 4) is 0 Å². The second kappa shape index (κ2) is 9.72. The fraction of sp³-hybridized carbons (Fsp3) is 0.381. The molecule has 1 aliphatic heterocycles. The van der Waals surface area contributed by atoms with E-state index in [0.717, 1.165) is 13.1 Å². The first-order valence-electron chi connectivity index (χ1n) is 8.89. The summed E-state index contributed by atoms with van der Waals surface area (Å²) < 4.78 is 5.63. The number of ether oxygens (including phenoxy) is 1. The monoisotopic (exact) mass is 374 g/mol. The van der Waals surface area contributed by atoms with Crippen LogP contribution in [0.2, 0.25) is 0 Å². The highest BCUT2D eigenvalue weighted by Crippen LogP contribution is 2.26. The standard InChI is InChI=1S/C21H26N2O2.ClH/c1-25-21(12-14-22-15-13-21)20(24)23-16-19(17-8-4-2-5-9-17)18-10-6-3-7-11-18;/h2-11,19,22H,12-16H2,1H3,(H,23,24);1H. The topological polar surface area (TPSA) is 50.4 Å². The van der Waals surface area contributed by atoms with Gasteiger partial charge in [0.1, 0.15) is 5.60 Å². The molecule has 1 fully saturated rings. The molecule has 0 aromatic heterocycles. The van der Waals surface area contributed by atoms with E-state index in [-0.39, 0.29) is 24.2 Å². The maximum absolute atomic E-state index is 12.9. The molecule has 2 N–H and O–H groups in total. The Hall–Kier alpha value is -1.88. The van der Waals surface area contributed by atoms with Crippen molar-refractivity contribution in [2.24, 2.45) is 0 Å². The lowest BCUT2D eigenvalue weighted by Gasteiger charge is -2.35. The molecule has 1 amide bonds. The molecule has 0 aliphatic carbocycles. The van der Waals surface area contributed by atoms with E-state index in [2.05, 4.69) is 34.9 Å². The van der Waals surface area contributed by atoms with Gasteiger partial charge in [0.2, 0.25) is 0 Å². The van der Waals surface area contributed by atoms with Gasteiger partial charge in [-0.3, -0.25) is 4.79 Å². The van der Waals surface area contributed by atoms with Crippen LogP contribution < -0.4 is 10.6 Å². The number of carbonyl (C=O) groups excluding carboxylic acids is 1. The lowest BCUT2D eigenvalue weighted by atomic mass is 9.89. The molecular formula is C21H27ClN2O2. The smallest absolute Gasteiger partial charge is 0.252 e. The van der Waals surface area contributed by atoms with Crippen LogP contribution in [-0.4, -0.2) is 38.3 Å². The number of hydrogen-bond acceptors (Lipinski definition) is 3. The Morgan fingerprint density at radius 3 is 2.00 bits per heavy atom. The number of methoxy groups -OCH3 is 1. The molecule has 0 bridgehead atoms. The lowest BCUT2D eigenvalue weighted by Crippen LogP contribution is -2.54. The molecule has 140 valence electrons. The fourth-order valence-electron chi connectivity index (χ4n) is 3.51. The minimum Gasteiger partial charge on any atom is -0.368 e. The fourth-order valence-corrected chi connectivity index (χ4v) is 3.51. The zero-order chi connectivity index (χ0) is 17.5. The van der Waals surface area contributed by atoms with Crippen LogP contribution in [0.15, 0.2) is 60.7 Å². The predicted octanol–water partition coefficient (Wildman–Crippen LogP) is 3.13. The third kappa shape index (κ3) is 4.64. The summed E-state index contributed by atoms with van der Waals surface area (Å²) in [5, 5.41) is 6.43. The van der Waals surface area contributed by atoms with Crippen molar-refractivity contribution in [3.63, 3.8) is 0 Å². The van der Waals surface area contributed by atoms with Crippen LogP contribution in [0.25, 0.3) is 0 Å². The zero-order valence-electron chi connectivity index (χ0n) is 15.1. The van der Waals surface area contributed by atoms with Gasteiger partial charge in [0.25, 0.3) is 5.91 Å². The Morgan fingerprint density at radius 1 is 1.04 bits per heavy atom. The summed E-state index contributed by atoms with van der Waals surface area (Å²) in [6.45, 7) is 2.18. The van der Waals surface area contributed by atoms with Crippen molar-refractivity contribution in [3.05, 3.63) is 71.8 Å². The summed E-state index contributed by atoms with van der Waals surface area (Å²) in [7, 11) is 1.64. The van der Waals surface area contributed by atoms with Crippen molar-refractivity contribution in [1.82, 2.24) is 10.6 Å². The molecule has 0 saturated carbocycles. The Balaban J connectivity index is 0.00000243. The molecule has 4 nitrogen and oxygen atoms in total. The van der Waals surface area contributed by atoms with E-state index in [4.69, 9.17) is 4.74 Å². The molecule has 0 atom stereocenters. The van der Waals surface area contributed by atoms with Crippen LogP contribution in [0.4, 0.5) is 0 Å². The van der Waals surface area contributed by atoms with Gasteiger partial charge in [-0.15, -0.1) is 12.4 Å². The van der Waals surface area contributed by atoms with E-state index in [1.807, 2.05) is 36.4 Å². The van der Waals surface area contributed by atoms with Crippen LogP contribution in [0, 0.1) is 0 Å². The van der Waals surface area contributed by atoms with E-state index >= 15 is 0 Å². The van der Waals surface area contributed by atoms with Gasteiger partial charge in [-0.2, -0.15) is 0 Å². The average molecular weight is 375 g/mol. The molecule has 2 aromatic rings. The van der Waals surface area contributed by atoms with Gasteiger partial charge in [-0.25, -0.2) is 0 Å². The number of benzene rings is 2. The van der Waals surface area contributed by atoms with Gasteiger partial charge in [0, 0.05) is 19.6 Å². The minimum absolute atomic E-state index is 0. The van der Waals surface area contributed by atoms with Crippen LogP contribution in [0.1, 0.15) is 29.9 Å². The summed E-state index contributed by atoms with van der Waals surface area (Å²) in [6, 6.07) is 20.6. The van der Waals surface area contributed by atoms with Crippen LogP contribution in [0.3, 0.4) is 0 Å². The first-order valence-corrected chi connectivity index (χ1v) is 8.89. The number of piperidine rings is 1. The van der Waals surface area contributed by atoms with E-state index in [9.17, 15) is 4.79 Å². The van der Waals surface area contributed by atoms with Crippen molar-refractivity contribution >= 4 is 18.3 Å². The van der Waals surface area contributed by atoms with Gasteiger partial charge < -0.3 is 15.4 Å². The van der Waals surface area contributed by atoms with Gasteiger partial charge in [0.05, 0.1) is 0 Å². The molecular weight excluding hydrogens is 348 g/mol. The summed E-state index contributed by atoms with van der Waals surface area (Å²) in [5.41, 5.74) is 1.69.